The molecule has 1 N–H and O–H groups in total. The van der Waals surface area contributed by atoms with Crippen molar-refractivity contribution >= 4 is 11.6 Å². The maximum atomic E-state index is 12.3. The summed E-state index contributed by atoms with van der Waals surface area (Å²) in [7, 11) is 0. The van der Waals surface area contributed by atoms with Gasteiger partial charge in [-0.2, -0.15) is 0 Å². The normalized spacial score (nSPS) is 10.8. The number of carbonyl (C=O) groups excluding carboxylic acids is 1. The summed E-state index contributed by atoms with van der Waals surface area (Å²) >= 11 is 0. The summed E-state index contributed by atoms with van der Waals surface area (Å²) < 4.78 is 7.82. The van der Waals surface area contributed by atoms with Crippen LogP contribution in [-0.4, -0.2) is 15.3 Å². The first-order valence-corrected chi connectivity index (χ1v) is 9.58. The molecule has 1 amide bonds. The molecule has 0 radical (unpaired) electrons. The Labute approximate surface area is 170 Å². The summed E-state index contributed by atoms with van der Waals surface area (Å²) in [5, 5.41) is 2.94. The molecule has 4 rings (SSSR count). The number of nitrogens with one attached hydrogen (secondary N) is 1. The van der Waals surface area contributed by atoms with E-state index in [1.54, 1.807) is 12.1 Å². The Morgan fingerprint density at radius 3 is 2.52 bits per heavy atom. The van der Waals surface area contributed by atoms with Gasteiger partial charge in [0.1, 0.15) is 18.0 Å². The highest BCUT2D eigenvalue weighted by atomic mass is 16.5. The standard InChI is InChI=1S/C24H23N3O2/c1-17-5-7-19(8-6-17)14-25-24(28)20-9-11-22(12-10-20)29-16-21-15-27-13-3-4-18(2)23(27)26-21/h3-13,15H,14,16H2,1-2H3,(H,25,28). The van der Waals surface area contributed by atoms with Crippen molar-refractivity contribution in [3.8, 4) is 5.75 Å². The second-order valence-corrected chi connectivity index (χ2v) is 7.14. The highest BCUT2D eigenvalue weighted by Crippen LogP contribution is 2.16. The molecule has 5 nitrogen and oxygen atoms in total. The van der Waals surface area contributed by atoms with Crippen molar-refractivity contribution in [2.45, 2.75) is 27.0 Å². The summed E-state index contributed by atoms with van der Waals surface area (Å²) in [6.45, 7) is 4.96. The van der Waals surface area contributed by atoms with Crippen molar-refractivity contribution in [3.63, 3.8) is 0 Å². The number of pyridine rings is 1. The van der Waals surface area contributed by atoms with E-state index in [4.69, 9.17) is 4.74 Å². The molecule has 4 aromatic rings. The smallest absolute Gasteiger partial charge is 0.251 e. The van der Waals surface area contributed by atoms with Crippen molar-refractivity contribution in [1.82, 2.24) is 14.7 Å². The maximum Gasteiger partial charge on any atom is 0.251 e. The molecule has 0 fully saturated rings. The van der Waals surface area contributed by atoms with Crippen molar-refractivity contribution in [2.24, 2.45) is 0 Å². The second kappa shape index (κ2) is 8.19. The fourth-order valence-electron chi connectivity index (χ4n) is 3.12. The van der Waals surface area contributed by atoms with Crippen LogP contribution in [0.5, 0.6) is 5.75 Å². The Morgan fingerprint density at radius 2 is 1.79 bits per heavy atom. The molecule has 29 heavy (non-hydrogen) atoms. The molecule has 2 aromatic carbocycles. The Morgan fingerprint density at radius 1 is 1.03 bits per heavy atom. The van der Waals surface area contributed by atoms with E-state index in [9.17, 15) is 4.79 Å². The van der Waals surface area contributed by atoms with Crippen molar-refractivity contribution in [3.05, 3.63) is 101 Å². The van der Waals surface area contributed by atoms with Gasteiger partial charge in [-0.05, 0) is 55.3 Å². The van der Waals surface area contributed by atoms with E-state index in [1.807, 2.05) is 79.2 Å². The molecule has 5 heteroatoms. The van der Waals surface area contributed by atoms with E-state index in [0.29, 0.717) is 24.5 Å². The molecule has 0 saturated carbocycles. The van der Waals surface area contributed by atoms with Crippen LogP contribution < -0.4 is 10.1 Å². The zero-order valence-corrected chi connectivity index (χ0v) is 16.6. The quantitative estimate of drug-likeness (QED) is 0.533. The number of carbonyl (C=O) groups is 1. The third-order valence-electron chi connectivity index (χ3n) is 4.80. The van der Waals surface area contributed by atoms with E-state index in [2.05, 4.69) is 10.3 Å². The minimum Gasteiger partial charge on any atom is -0.487 e. The lowest BCUT2D eigenvalue weighted by Gasteiger charge is -2.08. The number of imidazole rings is 1. The Hall–Kier alpha value is -3.60. The van der Waals surface area contributed by atoms with Crippen LogP contribution in [0.25, 0.3) is 5.65 Å². The van der Waals surface area contributed by atoms with Crippen LogP contribution in [0.4, 0.5) is 0 Å². The maximum absolute atomic E-state index is 12.3. The average molecular weight is 385 g/mol. The molecule has 2 aromatic heterocycles. The number of aromatic nitrogens is 2. The third kappa shape index (κ3) is 4.46. The highest BCUT2D eigenvalue weighted by Gasteiger charge is 2.07. The van der Waals surface area contributed by atoms with Crippen molar-refractivity contribution < 1.29 is 9.53 Å². The fraction of sp³-hybridized carbons (Fsp3) is 0.167. The molecule has 0 atom stereocenters. The fourth-order valence-corrected chi connectivity index (χ4v) is 3.12. The van der Waals surface area contributed by atoms with Gasteiger partial charge in [0.05, 0.1) is 5.69 Å². The SMILES string of the molecule is Cc1ccc(CNC(=O)c2ccc(OCc3cn4cccc(C)c4n3)cc2)cc1. The van der Waals surface area contributed by atoms with Crippen molar-refractivity contribution in [2.75, 3.05) is 0 Å². The highest BCUT2D eigenvalue weighted by molar-refractivity contribution is 5.94. The largest absolute Gasteiger partial charge is 0.487 e. The number of hydrogen-bond acceptors (Lipinski definition) is 3. The van der Waals surface area contributed by atoms with Crippen LogP contribution in [-0.2, 0) is 13.2 Å². The predicted octanol–water partition coefficient (Wildman–Crippen LogP) is 4.46. The Bertz CT molecular complexity index is 1130. The molecule has 0 spiro atoms. The lowest BCUT2D eigenvalue weighted by Crippen LogP contribution is -2.22. The molecule has 0 aliphatic rings. The second-order valence-electron chi connectivity index (χ2n) is 7.14. The van der Waals surface area contributed by atoms with Crippen LogP contribution in [0.3, 0.4) is 0 Å². The molecule has 146 valence electrons. The first-order chi connectivity index (χ1) is 14.1. The predicted molar refractivity (Wildman–Crippen MR) is 113 cm³/mol. The van der Waals surface area contributed by atoms with Gasteiger partial charge in [-0.1, -0.05) is 35.9 Å². The number of rotatable bonds is 6. The first kappa shape index (κ1) is 18.7. The summed E-state index contributed by atoms with van der Waals surface area (Å²) in [5.74, 6) is 0.599. The number of benzene rings is 2. The van der Waals surface area contributed by atoms with Crippen LogP contribution in [0.1, 0.15) is 32.7 Å². The number of ether oxygens (including phenoxy) is 1. The molecular formula is C24H23N3O2. The Kier molecular flexibility index (Phi) is 5.29. The van der Waals surface area contributed by atoms with Gasteiger partial charge >= 0.3 is 0 Å². The number of nitrogens with zero attached hydrogens (tertiary/aromatic N) is 2. The van der Waals surface area contributed by atoms with Crippen LogP contribution in [0, 0.1) is 13.8 Å². The lowest BCUT2D eigenvalue weighted by atomic mass is 10.1. The molecule has 0 saturated heterocycles. The molecule has 0 bridgehead atoms. The summed E-state index contributed by atoms with van der Waals surface area (Å²) in [6, 6.07) is 19.3. The van der Waals surface area contributed by atoms with Gasteiger partial charge in [-0.15, -0.1) is 0 Å². The first-order valence-electron chi connectivity index (χ1n) is 9.58. The minimum absolute atomic E-state index is 0.104. The van der Waals surface area contributed by atoms with Gasteiger partial charge in [-0.3, -0.25) is 4.79 Å². The van der Waals surface area contributed by atoms with Crippen LogP contribution >= 0.6 is 0 Å². The average Bonchev–Trinajstić information content (AvgIpc) is 3.17. The van der Waals surface area contributed by atoms with Gasteiger partial charge in [0, 0.05) is 24.5 Å². The molecule has 0 aliphatic heterocycles. The van der Waals surface area contributed by atoms with E-state index in [1.165, 1.54) is 5.56 Å². The van der Waals surface area contributed by atoms with Crippen LogP contribution in [0.15, 0.2) is 73.1 Å². The van der Waals surface area contributed by atoms with Gasteiger partial charge in [0.2, 0.25) is 0 Å². The van der Waals surface area contributed by atoms with Gasteiger partial charge in [-0.25, -0.2) is 4.98 Å². The number of fused-ring (bicyclic) bond motifs is 1. The number of amides is 1. The molecule has 2 heterocycles. The van der Waals surface area contributed by atoms with E-state index < -0.39 is 0 Å². The lowest BCUT2D eigenvalue weighted by molar-refractivity contribution is 0.0951. The molecular weight excluding hydrogens is 362 g/mol. The molecule has 0 aliphatic carbocycles. The summed E-state index contributed by atoms with van der Waals surface area (Å²) in [5.41, 5.74) is 5.81. The van der Waals surface area contributed by atoms with Crippen molar-refractivity contribution in [1.29, 1.82) is 0 Å². The third-order valence-corrected chi connectivity index (χ3v) is 4.80. The summed E-state index contributed by atoms with van der Waals surface area (Å²) in [6.07, 6.45) is 3.94. The van der Waals surface area contributed by atoms with Crippen LogP contribution in [0.2, 0.25) is 0 Å². The van der Waals surface area contributed by atoms with E-state index in [0.717, 1.165) is 22.5 Å². The number of aryl methyl sites for hydroxylation is 2. The monoisotopic (exact) mass is 385 g/mol. The summed E-state index contributed by atoms with van der Waals surface area (Å²) in [4.78, 5) is 16.9. The minimum atomic E-state index is -0.104. The van der Waals surface area contributed by atoms with Gasteiger partial charge in [0.15, 0.2) is 0 Å². The zero-order valence-electron chi connectivity index (χ0n) is 16.6. The van der Waals surface area contributed by atoms with Gasteiger partial charge in [0.25, 0.3) is 5.91 Å². The number of hydrogen-bond donors (Lipinski definition) is 1. The van der Waals surface area contributed by atoms with E-state index in [-0.39, 0.29) is 5.91 Å². The Balaban J connectivity index is 1.33. The van der Waals surface area contributed by atoms with Gasteiger partial charge < -0.3 is 14.5 Å². The van der Waals surface area contributed by atoms with E-state index >= 15 is 0 Å². The molecule has 0 unspecified atom stereocenters. The topological polar surface area (TPSA) is 55.6 Å². The zero-order chi connectivity index (χ0) is 20.2.